The first-order valence-corrected chi connectivity index (χ1v) is 10.8. The Morgan fingerprint density at radius 3 is 0.967 bits per heavy atom. The quantitative estimate of drug-likeness (QED) is 0.296. The van der Waals surface area contributed by atoms with Gasteiger partial charge in [-0.05, 0) is 16.7 Å². The first kappa shape index (κ1) is 21.8. The molecule has 0 unspecified atom stereocenters. The van der Waals surface area contributed by atoms with Gasteiger partial charge in [0.1, 0.15) is 15.5 Å². The zero-order chi connectivity index (χ0) is 21.4. The topological polar surface area (TPSA) is 53.5 Å². The molecule has 3 heterocycles. The number of benzene rings is 1. The summed E-state index contributed by atoms with van der Waals surface area (Å²) >= 11 is 36.6. The van der Waals surface area contributed by atoms with E-state index in [1.54, 1.807) is 32.7 Å². The number of imidazole rings is 3. The third-order valence-corrected chi connectivity index (χ3v) is 6.68. The maximum Gasteiger partial charge on any atom is 0.166 e. The van der Waals surface area contributed by atoms with Gasteiger partial charge in [-0.2, -0.15) is 0 Å². The lowest BCUT2D eigenvalue weighted by Crippen LogP contribution is -2.06. The zero-order valence-corrected chi connectivity index (χ0v) is 19.6. The van der Waals surface area contributed by atoms with Gasteiger partial charge in [0.2, 0.25) is 0 Å². The van der Waals surface area contributed by atoms with Crippen LogP contribution in [0.2, 0.25) is 30.9 Å². The Hall–Kier alpha value is -1.41. The summed E-state index contributed by atoms with van der Waals surface area (Å²) in [6, 6.07) is 6.13. The minimum atomic E-state index is 0.257. The molecule has 0 saturated carbocycles. The van der Waals surface area contributed by atoms with E-state index in [9.17, 15) is 0 Å². The highest BCUT2D eigenvalue weighted by Crippen LogP contribution is 2.25. The molecule has 0 aliphatic carbocycles. The van der Waals surface area contributed by atoms with Crippen molar-refractivity contribution in [2.24, 2.45) is 0 Å². The van der Waals surface area contributed by atoms with Crippen molar-refractivity contribution in [3.8, 4) is 0 Å². The van der Waals surface area contributed by atoms with E-state index in [0.29, 0.717) is 35.1 Å². The predicted octanol–water partition coefficient (Wildman–Crippen LogP) is 6.34. The fourth-order valence-corrected chi connectivity index (χ4v) is 3.98. The van der Waals surface area contributed by atoms with Crippen LogP contribution in [0.3, 0.4) is 0 Å². The van der Waals surface area contributed by atoms with Gasteiger partial charge in [-0.25, -0.2) is 15.0 Å². The molecule has 0 saturated heterocycles. The molecule has 0 aliphatic heterocycles. The Bertz CT molecular complexity index is 1050. The monoisotopic (exact) mass is 522 g/mol. The largest absolute Gasteiger partial charge is 0.316 e. The molecule has 156 valence electrons. The molecule has 0 bridgehead atoms. The molecule has 4 aromatic rings. The highest BCUT2D eigenvalue weighted by molar-refractivity contribution is 6.41. The fourth-order valence-electron chi connectivity index (χ4n) is 3.06. The van der Waals surface area contributed by atoms with Crippen LogP contribution in [0.25, 0.3) is 0 Å². The van der Waals surface area contributed by atoms with Crippen LogP contribution < -0.4 is 0 Å². The SMILES string of the molecule is Clc1ncn(Cc2cc(Cn3cnc(Cl)c3Cl)cc(Cn3cnc(Cl)c3Cl)c2)c1Cl. The molecule has 0 fully saturated rings. The number of aromatic nitrogens is 6. The van der Waals surface area contributed by atoms with E-state index in [1.807, 2.05) is 18.2 Å². The minimum absolute atomic E-state index is 0.257. The molecule has 0 atom stereocenters. The van der Waals surface area contributed by atoms with Crippen molar-refractivity contribution in [3.05, 3.63) is 84.8 Å². The molecule has 0 N–H and O–H groups in total. The van der Waals surface area contributed by atoms with Crippen molar-refractivity contribution < 1.29 is 0 Å². The van der Waals surface area contributed by atoms with Crippen molar-refractivity contribution in [1.82, 2.24) is 28.7 Å². The maximum absolute atomic E-state index is 6.22. The molecular formula is C18H12Cl6N6. The molecule has 4 rings (SSSR count). The third kappa shape index (κ3) is 4.59. The van der Waals surface area contributed by atoms with E-state index in [1.165, 1.54) is 0 Å². The molecule has 0 spiro atoms. The summed E-state index contributed by atoms with van der Waals surface area (Å²) in [5.74, 6) is 0. The molecule has 0 aliphatic rings. The van der Waals surface area contributed by atoms with E-state index < -0.39 is 0 Å². The van der Waals surface area contributed by atoms with Crippen molar-refractivity contribution in [2.45, 2.75) is 19.6 Å². The van der Waals surface area contributed by atoms with E-state index in [4.69, 9.17) is 69.6 Å². The van der Waals surface area contributed by atoms with Gasteiger partial charge in [0.05, 0.1) is 19.0 Å². The van der Waals surface area contributed by atoms with Crippen LogP contribution >= 0.6 is 69.6 Å². The standard InChI is InChI=1S/C18H12Cl6N6/c19-13-16(22)28(7-25-13)4-10-1-11(5-29-8-26-14(20)17(29)23)3-12(2-10)6-30-9-27-15(21)18(30)24/h1-3,7-9H,4-6H2. The van der Waals surface area contributed by atoms with Gasteiger partial charge < -0.3 is 13.7 Å². The summed E-state index contributed by atoms with van der Waals surface area (Å²) in [5.41, 5.74) is 2.97. The van der Waals surface area contributed by atoms with Gasteiger partial charge in [0, 0.05) is 19.6 Å². The molecule has 0 radical (unpaired) electrons. The van der Waals surface area contributed by atoms with Crippen molar-refractivity contribution in [2.75, 3.05) is 0 Å². The Labute approximate surface area is 201 Å². The summed E-state index contributed by atoms with van der Waals surface area (Å²) < 4.78 is 5.28. The molecule has 6 nitrogen and oxygen atoms in total. The lowest BCUT2D eigenvalue weighted by molar-refractivity contribution is 0.760. The second-order valence-electron chi connectivity index (χ2n) is 6.52. The zero-order valence-electron chi connectivity index (χ0n) is 15.0. The van der Waals surface area contributed by atoms with Crippen molar-refractivity contribution in [1.29, 1.82) is 0 Å². The van der Waals surface area contributed by atoms with Crippen molar-refractivity contribution in [3.63, 3.8) is 0 Å². The minimum Gasteiger partial charge on any atom is -0.316 e. The number of hydrogen-bond acceptors (Lipinski definition) is 3. The Balaban J connectivity index is 1.70. The van der Waals surface area contributed by atoms with Crippen LogP contribution in [0.5, 0.6) is 0 Å². The smallest absolute Gasteiger partial charge is 0.166 e. The number of halogens is 6. The average molecular weight is 525 g/mol. The summed E-state index contributed by atoms with van der Waals surface area (Å²) in [6.07, 6.45) is 4.78. The summed E-state index contributed by atoms with van der Waals surface area (Å²) in [5, 5.41) is 1.89. The highest BCUT2D eigenvalue weighted by Gasteiger charge is 2.12. The average Bonchev–Trinajstić information content (AvgIpc) is 3.32. The van der Waals surface area contributed by atoms with Gasteiger partial charge in [0.25, 0.3) is 0 Å². The molecular weight excluding hydrogens is 513 g/mol. The van der Waals surface area contributed by atoms with Gasteiger partial charge >= 0.3 is 0 Å². The second-order valence-corrected chi connectivity index (χ2v) is 8.67. The third-order valence-electron chi connectivity index (χ3n) is 4.37. The first-order valence-electron chi connectivity index (χ1n) is 8.52. The van der Waals surface area contributed by atoms with E-state index in [-0.39, 0.29) is 15.5 Å². The molecule has 0 amide bonds. The summed E-state index contributed by atoms with van der Waals surface area (Å²) in [7, 11) is 0. The molecule has 3 aromatic heterocycles. The lowest BCUT2D eigenvalue weighted by Gasteiger charge is -2.13. The van der Waals surface area contributed by atoms with E-state index >= 15 is 0 Å². The summed E-state index contributed by atoms with van der Waals surface area (Å²) in [6.45, 7) is 1.45. The van der Waals surface area contributed by atoms with Gasteiger partial charge in [-0.15, -0.1) is 0 Å². The van der Waals surface area contributed by atoms with Gasteiger partial charge in [0.15, 0.2) is 15.5 Å². The Morgan fingerprint density at radius 2 is 0.767 bits per heavy atom. The fraction of sp³-hybridized carbons (Fsp3) is 0.167. The molecule has 12 heteroatoms. The Morgan fingerprint density at radius 1 is 0.500 bits per heavy atom. The highest BCUT2D eigenvalue weighted by atomic mass is 35.5. The number of hydrogen-bond donors (Lipinski definition) is 0. The van der Waals surface area contributed by atoms with Gasteiger partial charge in [-0.3, -0.25) is 0 Å². The van der Waals surface area contributed by atoms with Crippen LogP contribution in [0.15, 0.2) is 37.2 Å². The van der Waals surface area contributed by atoms with Crippen LogP contribution in [-0.2, 0) is 19.6 Å². The van der Waals surface area contributed by atoms with Crippen LogP contribution in [0.1, 0.15) is 16.7 Å². The maximum atomic E-state index is 6.22. The number of rotatable bonds is 6. The van der Waals surface area contributed by atoms with Crippen LogP contribution in [0.4, 0.5) is 0 Å². The lowest BCUT2D eigenvalue weighted by atomic mass is 10.0. The van der Waals surface area contributed by atoms with Crippen molar-refractivity contribution >= 4 is 69.6 Å². The Kier molecular flexibility index (Phi) is 6.53. The van der Waals surface area contributed by atoms with E-state index in [2.05, 4.69) is 15.0 Å². The summed E-state index contributed by atoms with van der Waals surface area (Å²) in [4.78, 5) is 12.1. The van der Waals surface area contributed by atoms with Crippen LogP contribution in [0, 0.1) is 0 Å². The normalized spacial score (nSPS) is 11.4. The first-order chi connectivity index (χ1) is 14.3. The molecule has 1 aromatic carbocycles. The predicted molar refractivity (Wildman–Crippen MR) is 120 cm³/mol. The van der Waals surface area contributed by atoms with E-state index in [0.717, 1.165) is 16.7 Å². The van der Waals surface area contributed by atoms with Crippen LogP contribution in [-0.4, -0.2) is 28.7 Å². The second kappa shape index (κ2) is 8.99. The van der Waals surface area contributed by atoms with Gasteiger partial charge in [-0.1, -0.05) is 87.8 Å². The number of nitrogens with zero attached hydrogens (tertiary/aromatic N) is 6. The molecule has 30 heavy (non-hydrogen) atoms.